The van der Waals surface area contributed by atoms with E-state index in [1.807, 2.05) is 0 Å². The van der Waals surface area contributed by atoms with Gasteiger partial charge in [0.15, 0.2) is 0 Å². The molecule has 74 valence electrons. The van der Waals surface area contributed by atoms with Crippen LogP contribution in [0.5, 0.6) is 0 Å². The molecule has 2 N–H and O–H groups in total. The van der Waals surface area contributed by atoms with Crippen LogP contribution in [0.25, 0.3) is 0 Å². The first-order valence-corrected chi connectivity index (χ1v) is 4.51. The van der Waals surface area contributed by atoms with E-state index < -0.39 is 0 Å². The van der Waals surface area contributed by atoms with E-state index in [0.717, 1.165) is 13.0 Å². The van der Waals surface area contributed by atoms with Gasteiger partial charge in [-0.2, -0.15) is 0 Å². The van der Waals surface area contributed by atoms with Crippen LogP contribution in [0.3, 0.4) is 0 Å². The van der Waals surface area contributed by atoms with Crippen LogP contribution >= 0.6 is 0 Å². The molecule has 0 spiro atoms. The molecule has 0 aliphatic carbocycles. The lowest BCUT2D eigenvalue weighted by Crippen LogP contribution is -2.28. The number of methoxy groups -OCH3 is 1. The maximum atomic E-state index is 5.49. The van der Waals surface area contributed by atoms with Crippen molar-refractivity contribution in [3.05, 3.63) is 0 Å². The van der Waals surface area contributed by atoms with Gasteiger partial charge in [0.1, 0.15) is 0 Å². The molecule has 0 amide bonds. The summed E-state index contributed by atoms with van der Waals surface area (Å²) in [6.07, 6.45) is 1.15. The third-order valence-electron chi connectivity index (χ3n) is 1.66. The van der Waals surface area contributed by atoms with E-state index in [1.54, 1.807) is 7.11 Å². The van der Waals surface area contributed by atoms with Crippen LogP contribution in [0.15, 0.2) is 0 Å². The molecule has 0 bridgehead atoms. The van der Waals surface area contributed by atoms with E-state index in [4.69, 9.17) is 15.2 Å². The summed E-state index contributed by atoms with van der Waals surface area (Å²) >= 11 is 0. The van der Waals surface area contributed by atoms with Crippen LogP contribution in [0.1, 0.15) is 20.3 Å². The Bertz CT molecular complexity index is 96.5. The van der Waals surface area contributed by atoms with Crippen LogP contribution in [-0.2, 0) is 9.47 Å². The van der Waals surface area contributed by atoms with Crippen molar-refractivity contribution in [1.29, 1.82) is 0 Å². The minimum absolute atomic E-state index is 0.0637. The summed E-state index contributed by atoms with van der Waals surface area (Å²) in [5.41, 5.74) is 5.47. The third kappa shape index (κ3) is 6.58. The number of ether oxygens (including phenoxy) is 2. The van der Waals surface area contributed by atoms with Gasteiger partial charge in [0, 0.05) is 20.3 Å². The number of hydrogen-bond donors (Lipinski definition) is 1. The molecule has 3 heteroatoms. The quantitative estimate of drug-likeness (QED) is 0.628. The van der Waals surface area contributed by atoms with Gasteiger partial charge in [0.2, 0.25) is 0 Å². The van der Waals surface area contributed by atoms with Crippen molar-refractivity contribution in [3.63, 3.8) is 0 Å². The monoisotopic (exact) mass is 175 g/mol. The molecule has 0 aromatic rings. The third-order valence-corrected chi connectivity index (χ3v) is 1.66. The van der Waals surface area contributed by atoms with E-state index in [0.29, 0.717) is 19.1 Å². The minimum atomic E-state index is 0.0637. The Kier molecular flexibility index (Phi) is 7.45. The number of hydrogen-bond acceptors (Lipinski definition) is 3. The highest BCUT2D eigenvalue weighted by Gasteiger charge is 2.05. The Hall–Kier alpha value is -0.120. The topological polar surface area (TPSA) is 44.5 Å². The van der Waals surface area contributed by atoms with Crippen molar-refractivity contribution >= 4 is 0 Å². The maximum absolute atomic E-state index is 5.49. The molecule has 0 rings (SSSR count). The van der Waals surface area contributed by atoms with E-state index in [-0.39, 0.29) is 6.10 Å². The van der Waals surface area contributed by atoms with E-state index in [1.165, 1.54) is 0 Å². The Balaban J connectivity index is 3.31. The lowest BCUT2D eigenvalue weighted by molar-refractivity contribution is -0.000292. The first-order valence-electron chi connectivity index (χ1n) is 4.51. The Labute approximate surface area is 75.2 Å². The highest BCUT2D eigenvalue weighted by atomic mass is 16.5. The second-order valence-electron chi connectivity index (χ2n) is 3.37. The molecule has 1 unspecified atom stereocenters. The molecule has 1 atom stereocenters. The SMILES string of the molecule is COCC(CN)OCCC(C)C. The predicted molar refractivity (Wildman–Crippen MR) is 50.1 cm³/mol. The van der Waals surface area contributed by atoms with Gasteiger partial charge in [-0.1, -0.05) is 13.8 Å². The van der Waals surface area contributed by atoms with Crippen molar-refractivity contribution in [2.75, 3.05) is 26.9 Å². The fourth-order valence-corrected chi connectivity index (χ4v) is 0.840. The number of rotatable bonds is 7. The molecule has 0 aromatic carbocycles. The van der Waals surface area contributed by atoms with Gasteiger partial charge in [0.25, 0.3) is 0 Å². The summed E-state index contributed by atoms with van der Waals surface area (Å²) in [5, 5.41) is 0. The summed E-state index contributed by atoms with van der Waals surface area (Å²) in [7, 11) is 1.66. The Morgan fingerprint density at radius 1 is 1.33 bits per heavy atom. The van der Waals surface area contributed by atoms with Crippen molar-refractivity contribution < 1.29 is 9.47 Å². The summed E-state index contributed by atoms with van der Waals surface area (Å²) in [4.78, 5) is 0. The normalized spacial score (nSPS) is 13.8. The standard InChI is InChI=1S/C9H21NO2/c1-8(2)4-5-12-9(6-10)7-11-3/h8-9H,4-7,10H2,1-3H3. The molecule has 0 heterocycles. The Morgan fingerprint density at radius 2 is 2.00 bits per heavy atom. The second kappa shape index (κ2) is 7.53. The zero-order valence-corrected chi connectivity index (χ0v) is 8.38. The van der Waals surface area contributed by atoms with Crippen LogP contribution in [0.2, 0.25) is 0 Å². The smallest absolute Gasteiger partial charge is 0.0930 e. The molecule has 0 radical (unpaired) electrons. The van der Waals surface area contributed by atoms with Gasteiger partial charge >= 0.3 is 0 Å². The molecule has 12 heavy (non-hydrogen) atoms. The molecule has 0 saturated carbocycles. The van der Waals surface area contributed by atoms with E-state index in [2.05, 4.69) is 13.8 Å². The van der Waals surface area contributed by atoms with Gasteiger partial charge in [-0.25, -0.2) is 0 Å². The zero-order valence-electron chi connectivity index (χ0n) is 8.38. The van der Waals surface area contributed by atoms with Gasteiger partial charge in [-0.3, -0.25) is 0 Å². The van der Waals surface area contributed by atoms with Gasteiger partial charge < -0.3 is 15.2 Å². The Morgan fingerprint density at radius 3 is 2.42 bits per heavy atom. The van der Waals surface area contributed by atoms with Crippen LogP contribution in [0.4, 0.5) is 0 Å². The van der Waals surface area contributed by atoms with Crippen molar-refractivity contribution in [3.8, 4) is 0 Å². The van der Waals surface area contributed by atoms with Gasteiger partial charge in [0.05, 0.1) is 12.7 Å². The summed E-state index contributed by atoms with van der Waals surface area (Å²) in [6, 6.07) is 0. The summed E-state index contributed by atoms with van der Waals surface area (Å²) < 4.78 is 10.4. The number of nitrogens with two attached hydrogens (primary N) is 1. The lowest BCUT2D eigenvalue weighted by atomic mass is 10.1. The first-order chi connectivity index (χ1) is 5.70. The van der Waals surface area contributed by atoms with E-state index >= 15 is 0 Å². The van der Waals surface area contributed by atoms with E-state index in [9.17, 15) is 0 Å². The average Bonchev–Trinajstić information content (AvgIpc) is 2.02. The second-order valence-corrected chi connectivity index (χ2v) is 3.37. The minimum Gasteiger partial charge on any atom is -0.382 e. The van der Waals surface area contributed by atoms with Crippen molar-refractivity contribution in [2.45, 2.75) is 26.4 Å². The lowest BCUT2D eigenvalue weighted by Gasteiger charge is -2.15. The van der Waals surface area contributed by atoms with Crippen molar-refractivity contribution in [2.24, 2.45) is 11.7 Å². The largest absolute Gasteiger partial charge is 0.382 e. The fourth-order valence-electron chi connectivity index (χ4n) is 0.840. The van der Waals surface area contributed by atoms with Crippen LogP contribution in [0, 0.1) is 5.92 Å². The highest BCUT2D eigenvalue weighted by molar-refractivity contribution is 4.56. The maximum Gasteiger partial charge on any atom is 0.0930 e. The summed E-state index contributed by atoms with van der Waals surface area (Å²) in [5.74, 6) is 0.686. The van der Waals surface area contributed by atoms with Gasteiger partial charge in [-0.15, -0.1) is 0 Å². The molecular weight excluding hydrogens is 154 g/mol. The molecule has 0 fully saturated rings. The van der Waals surface area contributed by atoms with Crippen molar-refractivity contribution in [1.82, 2.24) is 0 Å². The molecular formula is C9H21NO2. The molecule has 0 aliphatic heterocycles. The zero-order chi connectivity index (χ0) is 9.40. The summed E-state index contributed by atoms with van der Waals surface area (Å²) in [6.45, 7) is 6.26. The molecule has 3 nitrogen and oxygen atoms in total. The first kappa shape index (κ1) is 11.9. The van der Waals surface area contributed by atoms with Crippen LogP contribution < -0.4 is 5.73 Å². The highest BCUT2D eigenvalue weighted by Crippen LogP contribution is 2.01. The van der Waals surface area contributed by atoms with Gasteiger partial charge in [-0.05, 0) is 12.3 Å². The average molecular weight is 175 g/mol. The fraction of sp³-hybridized carbons (Fsp3) is 1.00. The predicted octanol–water partition coefficient (Wildman–Crippen LogP) is 1.02. The molecule has 0 aromatic heterocycles. The van der Waals surface area contributed by atoms with Crippen LogP contribution in [-0.4, -0.2) is 33.0 Å². The molecule has 0 saturated heterocycles. The molecule has 0 aliphatic rings.